The third-order valence-corrected chi connectivity index (χ3v) is 2.72. The van der Waals surface area contributed by atoms with Gasteiger partial charge in [0, 0.05) is 12.0 Å². The Morgan fingerprint density at radius 2 is 2.31 bits per heavy atom. The molecule has 5 heteroatoms. The molecule has 0 radical (unpaired) electrons. The highest BCUT2D eigenvalue weighted by molar-refractivity contribution is 5.88. The van der Waals surface area contributed by atoms with E-state index in [9.17, 15) is 9.90 Å². The van der Waals surface area contributed by atoms with Crippen LogP contribution in [0.1, 0.15) is 29.3 Å². The summed E-state index contributed by atoms with van der Waals surface area (Å²) >= 11 is 0. The van der Waals surface area contributed by atoms with Crippen molar-refractivity contribution in [1.29, 1.82) is 0 Å². The molecule has 1 heterocycles. The Morgan fingerprint density at radius 1 is 1.56 bits per heavy atom. The molecule has 1 aliphatic heterocycles. The first-order valence-electron chi connectivity index (χ1n) is 4.99. The van der Waals surface area contributed by atoms with Gasteiger partial charge < -0.3 is 10.2 Å². The van der Waals surface area contributed by atoms with Gasteiger partial charge in [0.05, 0.1) is 23.5 Å². The molecule has 0 bridgehead atoms. The summed E-state index contributed by atoms with van der Waals surface area (Å²) in [4.78, 5) is 15.9. The van der Waals surface area contributed by atoms with Crippen molar-refractivity contribution in [2.45, 2.75) is 18.9 Å². The van der Waals surface area contributed by atoms with E-state index in [1.54, 1.807) is 13.0 Å². The van der Waals surface area contributed by atoms with E-state index in [0.717, 1.165) is 0 Å². The molecule has 1 unspecified atom stereocenters. The monoisotopic (exact) mass is 223 g/mol. The number of aromatic carboxylic acids is 1. The second kappa shape index (κ2) is 3.77. The van der Waals surface area contributed by atoms with Crippen molar-refractivity contribution in [2.75, 3.05) is 12.1 Å². The van der Waals surface area contributed by atoms with E-state index in [1.807, 2.05) is 0 Å². The van der Waals surface area contributed by atoms with Gasteiger partial charge in [-0.1, -0.05) is 0 Å². The Kier molecular flexibility index (Phi) is 2.57. The van der Waals surface area contributed by atoms with Crippen LogP contribution in [0.3, 0.4) is 0 Å². The summed E-state index contributed by atoms with van der Waals surface area (Å²) in [6, 6.07) is 4.54. The zero-order chi connectivity index (χ0) is 11.8. The second-order valence-corrected chi connectivity index (χ2v) is 4.04. The number of nitrogens with one attached hydrogen (secondary N) is 1. The van der Waals surface area contributed by atoms with Crippen LogP contribution in [0.4, 0.5) is 5.69 Å². The zero-order valence-electron chi connectivity index (χ0n) is 8.86. The standard InChI is InChI=1S/C11H13NO4/c1-11(15)4-5-16-12-9-3-2-7(10(13)14)6-8(9)11/h2-3,6,12,15H,4-5H2,1H3,(H,13,14). The molecule has 0 amide bonds. The number of hydrogen-bond donors (Lipinski definition) is 3. The minimum absolute atomic E-state index is 0.155. The average molecular weight is 223 g/mol. The predicted molar refractivity (Wildman–Crippen MR) is 57.2 cm³/mol. The number of carboxylic acid groups (broad SMARTS) is 1. The van der Waals surface area contributed by atoms with Crippen molar-refractivity contribution in [3.8, 4) is 0 Å². The quantitative estimate of drug-likeness (QED) is 0.669. The van der Waals surface area contributed by atoms with Crippen molar-refractivity contribution in [3.05, 3.63) is 29.3 Å². The van der Waals surface area contributed by atoms with E-state index >= 15 is 0 Å². The number of fused-ring (bicyclic) bond motifs is 1. The molecule has 5 nitrogen and oxygen atoms in total. The summed E-state index contributed by atoms with van der Waals surface area (Å²) < 4.78 is 0. The molecule has 1 aromatic carbocycles. The summed E-state index contributed by atoms with van der Waals surface area (Å²) in [5, 5.41) is 19.1. The van der Waals surface area contributed by atoms with Crippen LogP contribution < -0.4 is 5.48 Å². The highest BCUT2D eigenvalue weighted by Gasteiger charge is 2.29. The molecule has 1 aromatic rings. The summed E-state index contributed by atoms with van der Waals surface area (Å²) in [5.41, 5.74) is 2.92. The molecule has 1 atom stereocenters. The number of carbonyl (C=O) groups is 1. The Bertz CT molecular complexity index is 428. The van der Waals surface area contributed by atoms with Gasteiger partial charge in [-0.2, -0.15) is 0 Å². The van der Waals surface area contributed by atoms with E-state index in [4.69, 9.17) is 9.94 Å². The molecule has 0 saturated carbocycles. The molecule has 0 aromatic heterocycles. The lowest BCUT2D eigenvalue weighted by Crippen LogP contribution is -2.22. The maximum Gasteiger partial charge on any atom is 0.335 e. The maximum atomic E-state index is 10.9. The SMILES string of the molecule is CC1(O)CCONc2ccc(C(=O)O)cc21. The first kappa shape index (κ1) is 10.9. The van der Waals surface area contributed by atoms with Gasteiger partial charge in [-0.05, 0) is 25.1 Å². The minimum atomic E-state index is -1.08. The number of anilines is 1. The molecule has 1 aliphatic rings. The normalized spacial score (nSPS) is 24.1. The highest BCUT2D eigenvalue weighted by Crippen LogP contribution is 2.33. The Hall–Kier alpha value is -1.59. The number of aliphatic hydroxyl groups is 1. The smallest absolute Gasteiger partial charge is 0.335 e. The van der Waals surface area contributed by atoms with Gasteiger partial charge in [-0.25, -0.2) is 4.79 Å². The molecular formula is C11H13NO4. The molecule has 16 heavy (non-hydrogen) atoms. The van der Waals surface area contributed by atoms with Crippen LogP contribution >= 0.6 is 0 Å². The Labute approximate surface area is 92.6 Å². The molecule has 0 spiro atoms. The lowest BCUT2D eigenvalue weighted by molar-refractivity contribution is 0.0296. The zero-order valence-corrected chi connectivity index (χ0v) is 8.86. The van der Waals surface area contributed by atoms with E-state index in [-0.39, 0.29) is 5.56 Å². The van der Waals surface area contributed by atoms with Crippen LogP contribution in [-0.2, 0) is 10.4 Å². The predicted octanol–water partition coefficient (Wildman–Crippen LogP) is 1.34. The maximum absolute atomic E-state index is 10.9. The average Bonchev–Trinajstić information content (AvgIpc) is 2.37. The Morgan fingerprint density at radius 3 is 3.00 bits per heavy atom. The van der Waals surface area contributed by atoms with Gasteiger partial charge in [0.15, 0.2) is 0 Å². The second-order valence-electron chi connectivity index (χ2n) is 4.04. The summed E-state index contributed by atoms with van der Waals surface area (Å²) in [7, 11) is 0. The molecule has 0 saturated heterocycles. The number of carboxylic acids is 1. The molecule has 0 aliphatic carbocycles. The van der Waals surface area contributed by atoms with Crippen molar-refractivity contribution in [2.24, 2.45) is 0 Å². The van der Waals surface area contributed by atoms with Crippen LogP contribution in [0.2, 0.25) is 0 Å². The fourth-order valence-electron chi connectivity index (χ4n) is 1.73. The largest absolute Gasteiger partial charge is 0.478 e. The van der Waals surface area contributed by atoms with Crippen molar-refractivity contribution in [3.63, 3.8) is 0 Å². The van der Waals surface area contributed by atoms with Gasteiger partial charge in [0.2, 0.25) is 0 Å². The lowest BCUT2D eigenvalue weighted by atomic mass is 9.90. The number of hydrogen-bond acceptors (Lipinski definition) is 4. The summed E-state index contributed by atoms with van der Waals surface area (Å²) in [6.07, 6.45) is 0.413. The van der Waals surface area contributed by atoms with E-state index in [0.29, 0.717) is 24.3 Å². The summed E-state index contributed by atoms with van der Waals surface area (Å²) in [6.45, 7) is 2.01. The highest BCUT2D eigenvalue weighted by atomic mass is 16.6. The van der Waals surface area contributed by atoms with Crippen molar-refractivity contribution >= 4 is 11.7 Å². The third kappa shape index (κ3) is 1.87. The van der Waals surface area contributed by atoms with Gasteiger partial charge in [-0.15, -0.1) is 0 Å². The van der Waals surface area contributed by atoms with Crippen LogP contribution in [0.25, 0.3) is 0 Å². The fourth-order valence-corrected chi connectivity index (χ4v) is 1.73. The first-order chi connectivity index (χ1) is 7.50. The van der Waals surface area contributed by atoms with Crippen LogP contribution in [0.15, 0.2) is 18.2 Å². The van der Waals surface area contributed by atoms with Gasteiger partial charge >= 0.3 is 5.97 Å². The number of benzene rings is 1. The lowest BCUT2D eigenvalue weighted by Gasteiger charge is -2.22. The van der Waals surface area contributed by atoms with E-state index < -0.39 is 11.6 Å². The molecule has 86 valence electrons. The van der Waals surface area contributed by atoms with Gasteiger partial charge in [-0.3, -0.25) is 10.3 Å². The molecule has 3 N–H and O–H groups in total. The summed E-state index contributed by atoms with van der Waals surface area (Å²) in [5.74, 6) is -1.01. The van der Waals surface area contributed by atoms with Crippen LogP contribution in [0.5, 0.6) is 0 Å². The van der Waals surface area contributed by atoms with Crippen molar-refractivity contribution < 1.29 is 19.8 Å². The van der Waals surface area contributed by atoms with Crippen LogP contribution in [-0.4, -0.2) is 22.8 Å². The fraction of sp³-hybridized carbons (Fsp3) is 0.364. The first-order valence-corrected chi connectivity index (χ1v) is 4.99. The van der Waals surface area contributed by atoms with Gasteiger partial charge in [0.1, 0.15) is 0 Å². The third-order valence-electron chi connectivity index (χ3n) is 2.72. The van der Waals surface area contributed by atoms with Gasteiger partial charge in [0.25, 0.3) is 0 Å². The molecular weight excluding hydrogens is 210 g/mol. The van der Waals surface area contributed by atoms with Crippen LogP contribution in [0, 0.1) is 0 Å². The molecule has 0 fully saturated rings. The van der Waals surface area contributed by atoms with E-state index in [1.165, 1.54) is 12.1 Å². The minimum Gasteiger partial charge on any atom is -0.478 e. The molecule has 2 rings (SSSR count). The Balaban J connectivity index is 2.53. The number of rotatable bonds is 1. The van der Waals surface area contributed by atoms with E-state index in [2.05, 4.69) is 5.48 Å². The topological polar surface area (TPSA) is 78.8 Å². The van der Waals surface area contributed by atoms with Crippen molar-refractivity contribution in [1.82, 2.24) is 0 Å².